The first kappa shape index (κ1) is 19.1. The number of ether oxygens (including phenoxy) is 2. The molecule has 1 aliphatic heterocycles. The molecule has 0 saturated carbocycles. The Morgan fingerprint density at radius 3 is 2.41 bits per heavy atom. The largest absolute Gasteiger partial charge is 0.497 e. The maximum Gasteiger partial charge on any atom is 0.244 e. The van der Waals surface area contributed by atoms with E-state index in [2.05, 4.69) is 34.5 Å². The number of morpholine rings is 1. The van der Waals surface area contributed by atoms with Crippen LogP contribution in [0.2, 0.25) is 0 Å². The van der Waals surface area contributed by atoms with Crippen LogP contribution in [0, 0.1) is 0 Å². The van der Waals surface area contributed by atoms with Crippen LogP contribution in [-0.2, 0) is 22.6 Å². The van der Waals surface area contributed by atoms with E-state index in [0.717, 1.165) is 49.7 Å². The van der Waals surface area contributed by atoms with E-state index in [-0.39, 0.29) is 5.91 Å². The summed E-state index contributed by atoms with van der Waals surface area (Å²) in [6.45, 7) is 5.06. The number of hydrogen-bond acceptors (Lipinski definition) is 4. The average Bonchev–Trinajstić information content (AvgIpc) is 2.73. The molecule has 0 radical (unpaired) electrons. The lowest BCUT2D eigenvalue weighted by atomic mass is 10.1. The maximum absolute atomic E-state index is 12.0. The first-order valence-corrected chi connectivity index (χ1v) is 9.21. The number of benzene rings is 2. The van der Waals surface area contributed by atoms with Crippen LogP contribution in [0.4, 0.5) is 0 Å². The van der Waals surface area contributed by atoms with E-state index in [9.17, 15) is 4.79 Å². The minimum atomic E-state index is -0.108. The summed E-state index contributed by atoms with van der Waals surface area (Å²) in [5.74, 6) is 0.692. The zero-order chi connectivity index (χ0) is 18.9. The fourth-order valence-corrected chi connectivity index (χ4v) is 2.92. The molecule has 0 aliphatic carbocycles. The summed E-state index contributed by atoms with van der Waals surface area (Å²) in [6.07, 6.45) is 3.34. The van der Waals surface area contributed by atoms with Gasteiger partial charge >= 0.3 is 0 Å². The smallest absolute Gasteiger partial charge is 0.244 e. The molecule has 2 aromatic rings. The van der Waals surface area contributed by atoms with Crippen LogP contribution in [0.15, 0.2) is 54.6 Å². The van der Waals surface area contributed by atoms with Crippen molar-refractivity contribution < 1.29 is 14.3 Å². The Bertz CT molecular complexity index is 748. The van der Waals surface area contributed by atoms with E-state index < -0.39 is 0 Å². The van der Waals surface area contributed by atoms with Gasteiger partial charge in [0.15, 0.2) is 0 Å². The van der Waals surface area contributed by atoms with E-state index in [4.69, 9.17) is 9.47 Å². The Morgan fingerprint density at radius 1 is 1.07 bits per heavy atom. The zero-order valence-corrected chi connectivity index (χ0v) is 15.7. The van der Waals surface area contributed by atoms with Crippen molar-refractivity contribution in [3.05, 3.63) is 71.3 Å². The van der Waals surface area contributed by atoms with Gasteiger partial charge in [0.05, 0.1) is 20.3 Å². The van der Waals surface area contributed by atoms with Gasteiger partial charge in [-0.2, -0.15) is 0 Å². The summed E-state index contributed by atoms with van der Waals surface area (Å²) in [6, 6.07) is 16.0. The van der Waals surface area contributed by atoms with Gasteiger partial charge in [0.1, 0.15) is 5.75 Å². The Hall–Kier alpha value is -2.63. The SMILES string of the molecule is COc1ccc(/C=C/C(=O)NCc2ccc(CN3CCOCC3)cc2)cc1. The molecular weight excluding hydrogens is 340 g/mol. The Labute approximate surface area is 160 Å². The molecule has 0 unspecified atom stereocenters. The van der Waals surface area contributed by atoms with Gasteiger partial charge in [0.2, 0.25) is 5.91 Å². The second-order valence-electron chi connectivity index (χ2n) is 6.53. The highest BCUT2D eigenvalue weighted by atomic mass is 16.5. The predicted molar refractivity (Wildman–Crippen MR) is 106 cm³/mol. The summed E-state index contributed by atoms with van der Waals surface area (Å²) >= 11 is 0. The molecule has 5 heteroatoms. The molecule has 0 spiro atoms. The van der Waals surface area contributed by atoms with Crippen LogP contribution >= 0.6 is 0 Å². The second-order valence-corrected chi connectivity index (χ2v) is 6.53. The van der Waals surface area contributed by atoms with Crippen LogP contribution < -0.4 is 10.1 Å². The van der Waals surface area contributed by atoms with E-state index in [1.807, 2.05) is 24.3 Å². The van der Waals surface area contributed by atoms with Gasteiger partial charge in [0.25, 0.3) is 0 Å². The first-order chi connectivity index (χ1) is 13.2. The van der Waals surface area contributed by atoms with Crippen LogP contribution in [0.1, 0.15) is 16.7 Å². The summed E-state index contributed by atoms with van der Waals surface area (Å²) in [7, 11) is 1.63. The topological polar surface area (TPSA) is 50.8 Å². The molecule has 5 nitrogen and oxygen atoms in total. The number of rotatable bonds is 7. The summed E-state index contributed by atoms with van der Waals surface area (Å²) in [5.41, 5.74) is 3.33. The highest BCUT2D eigenvalue weighted by Crippen LogP contribution is 2.12. The van der Waals surface area contributed by atoms with E-state index in [1.165, 1.54) is 5.56 Å². The number of methoxy groups -OCH3 is 1. The van der Waals surface area contributed by atoms with Crippen molar-refractivity contribution >= 4 is 12.0 Å². The van der Waals surface area contributed by atoms with Crippen molar-refractivity contribution in [1.29, 1.82) is 0 Å². The lowest BCUT2D eigenvalue weighted by Crippen LogP contribution is -2.35. The van der Waals surface area contributed by atoms with Crippen molar-refractivity contribution in [2.75, 3.05) is 33.4 Å². The van der Waals surface area contributed by atoms with E-state index >= 15 is 0 Å². The van der Waals surface area contributed by atoms with Crippen molar-refractivity contribution in [2.45, 2.75) is 13.1 Å². The summed E-state index contributed by atoms with van der Waals surface area (Å²) in [5, 5.41) is 2.92. The van der Waals surface area contributed by atoms with Crippen LogP contribution in [0.5, 0.6) is 5.75 Å². The molecule has 1 saturated heterocycles. The number of nitrogens with one attached hydrogen (secondary N) is 1. The second kappa shape index (κ2) is 9.90. The van der Waals surface area contributed by atoms with Crippen LogP contribution in [-0.4, -0.2) is 44.2 Å². The van der Waals surface area contributed by atoms with Crippen molar-refractivity contribution in [3.63, 3.8) is 0 Å². The average molecular weight is 366 g/mol. The third kappa shape index (κ3) is 6.24. The highest BCUT2D eigenvalue weighted by molar-refractivity contribution is 5.91. The minimum absolute atomic E-state index is 0.108. The molecule has 0 atom stereocenters. The molecule has 1 N–H and O–H groups in total. The molecule has 0 bridgehead atoms. The van der Waals surface area contributed by atoms with E-state index in [0.29, 0.717) is 6.54 Å². The Morgan fingerprint density at radius 2 is 1.74 bits per heavy atom. The van der Waals surface area contributed by atoms with Crippen molar-refractivity contribution in [2.24, 2.45) is 0 Å². The molecule has 27 heavy (non-hydrogen) atoms. The molecule has 2 aromatic carbocycles. The zero-order valence-electron chi connectivity index (χ0n) is 15.7. The lowest BCUT2D eigenvalue weighted by Gasteiger charge is -2.26. The number of carbonyl (C=O) groups is 1. The molecule has 1 fully saturated rings. The molecule has 1 aliphatic rings. The van der Waals surface area contributed by atoms with Gasteiger partial charge in [-0.3, -0.25) is 9.69 Å². The molecule has 0 aromatic heterocycles. The van der Waals surface area contributed by atoms with Crippen LogP contribution in [0.3, 0.4) is 0 Å². The van der Waals surface area contributed by atoms with Gasteiger partial charge < -0.3 is 14.8 Å². The van der Waals surface area contributed by atoms with E-state index in [1.54, 1.807) is 19.3 Å². The van der Waals surface area contributed by atoms with Gasteiger partial charge in [0, 0.05) is 32.3 Å². The predicted octanol–water partition coefficient (Wildman–Crippen LogP) is 2.86. The first-order valence-electron chi connectivity index (χ1n) is 9.21. The molecule has 1 amide bonds. The molecular formula is C22H26N2O3. The number of carbonyl (C=O) groups excluding carboxylic acids is 1. The van der Waals surface area contributed by atoms with Crippen molar-refractivity contribution in [3.8, 4) is 5.75 Å². The Balaban J connectivity index is 1.44. The van der Waals surface area contributed by atoms with Gasteiger partial charge in [-0.25, -0.2) is 0 Å². The minimum Gasteiger partial charge on any atom is -0.497 e. The standard InChI is InChI=1S/C22H26N2O3/c1-26-21-9-6-18(7-10-21)8-11-22(25)23-16-19-2-4-20(5-3-19)17-24-12-14-27-15-13-24/h2-11H,12-17H2,1H3,(H,23,25)/b11-8+. The fraction of sp³-hybridized carbons (Fsp3) is 0.318. The molecule has 142 valence electrons. The monoisotopic (exact) mass is 366 g/mol. The van der Waals surface area contributed by atoms with Gasteiger partial charge in [-0.1, -0.05) is 36.4 Å². The molecule has 1 heterocycles. The third-order valence-electron chi connectivity index (χ3n) is 4.54. The van der Waals surface area contributed by atoms with Crippen molar-refractivity contribution in [1.82, 2.24) is 10.2 Å². The highest BCUT2D eigenvalue weighted by Gasteiger charge is 2.10. The van der Waals surface area contributed by atoms with Gasteiger partial charge in [-0.05, 0) is 34.9 Å². The summed E-state index contributed by atoms with van der Waals surface area (Å²) < 4.78 is 10.5. The number of hydrogen-bond donors (Lipinski definition) is 1. The lowest BCUT2D eigenvalue weighted by molar-refractivity contribution is -0.116. The van der Waals surface area contributed by atoms with Crippen LogP contribution in [0.25, 0.3) is 6.08 Å². The molecule has 3 rings (SSSR count). The summed E-state index contributed by atoms with van der Waals surface area (Å²) in [4.78, 5) is 14.4. The fourth-order valence-electron chi connectivity index (χ4n) is 2.92. The quantitative estimate of drug-likeness (QED) is 0.766. The number of amides is 1. The third-order valence-corrected chi connectivity index (χ3v) is 4.54. The maximum atomic E-state index is 12.0. The number of nitrogens with zero attached hydrogens (tertiary/aromatic N) is 1. The van der Waals surface area contributed by atoms with Gasteiger partial charge in [-0.15, -0.1) is 0 Å². The normalized spacial score (nSPS) is 15.0. The Kier molecular flexibility index (Phi) is 7.02.